The van der Waals surface area contributed by atoms with Crippen molar-refractivity contribution in [2.24, 2.45) is 5.41 Å². The fraction of sp³-hybridized carbons (Fsp3) is 0.278. The first-order valence-electron chi connectivity index (χ1n) is 7.17. The number of alkyl halides is 2. The zero-order chi connectivity index (χ0) is 15.5. The van der Waals surface area contributed by atoms with Crippen molar-refractivity contribution in [3.8, 4) is 5.75 Å². The molecular weight excluding hydrogens is 408 g/mol. The van der Waals surface area contributed by atoms with Crippen molar-refractivity contribution < 1.29 is 9.53 Å². The second-order valence-electron chi connectivity index (χ2n) is 5.96. The molecular formula is C18H14Br2O2. The van der Waals surface area contributed by atoms with Crippen LogP contribution in [-0.2, 0) is 6.42 Å². The Hall–Kier alpha value is -1.13. The van der Waals surface area contributed by atoms with Gasteiger partial charge in [-0.25, -0.2) is 0 Å². The molecule has 0 radical (unpaired) electrons. The van der Waals surface area contributed by atoms with Crippen LogP contribution in [0, 0.1) is 5.41 Å². The number of ether oxygens (including phenoxy) is 1. The molecule has 2 atom stereocenters. The first-order valence-corrected chi connectivity index (χ1v) is 8.75. The summed E-state index contributed by atoms with van der Waals surface area (Å²) in [5.74, 6) is 1.18. The summed E-state index contributed by atoms with van der Waals surface area (Å²) in [7, 11) is 1.66. The molecule has 0 N–H and O–H groups in total. The van der Waals surface area contributed by atoms with Gasteiger partial charge in [0, 0.05) is 11.5 Å². The molecule has 2 aromatic carbocycles. The molecule has 4 heteroatoms. The van der Waals surface area contributed by atoms with E-state index in [1.807, 2.05) is 42.5 Å². The van der Waals surface area contributed by atoms with Crippen LogP contribution >= 0.6 is 31.9 Å². The Balaban J connectivity index is 1.76. The second kappa shape index (κ2) is 4.68. The fourth-order valence-electron chi connectivity index (χ4n) is 3.77. The first-order chi connectivity index (χ1) is 10.5. The van der Waals surface area contributed by atoms with Gasteiger partial charge in [0.2, 0.25) is 0 Å². The maximum absolute atomic E-state index is 13.0. The summed E-state index contributed by atoms with van der Waals surface area (Å²) >= 11 is 7.55. The van der Waals surface area contributed by atoms with Crippen LogP contribution in [0.3, 0.4) is 0 Å². The highest BCUT2D eigenvalue weighted by atomic mass is 79.9. The van der Waals surface area contributed by atoms with Crippen LogP contribution in [0.15, 0.2) is 48.5 Å². The summed E-state index contributed by atoms with van der Waals surface area (Å²) < 4.78 is 4.84. The standard InChI is InChI=1S/C18H14Br2O2/c1-22-13-8-6-11(7-9-13)15-17(18(15,19)20)10-12-4-2-3-5-14(12)16(17)21/h2-9,15H,10H2,1H3/t15-,17+/m1/s1. The predicted octanol–water partition coefficient (Wildman–Crippen LogP) is 4.70. The van der Waals surface area contributed by atoms with E-state index in [2.05, 4.69) is 37.9 Å². The molecule has 0 heterocycles. The number of methoxy groups -OCH3 is 1. The van der Waals surface area contributed by atoms with E-state index in [1.54, 1.807) is 7.11 Å². The molecule has 22 heavy (non-hydrogen) atoms. The number of benzene rings is 2. The topological polar surface area (TPSA) is 26.3 Å². The molecule has 1 spiro atoms. The number of hydrogen-bond acceptors (Lipinski definition) is 2. The van der Waals surface area contributed by atoms with Crippen LogP contribution in [0.1, 0.15) is 27.4 Å². The van der Waals surface area contributed by atoms with Crippen LogP contribution in [-0.4, -0.2) is 16.1 Å². The molecule has 0 aliphatic heterocycles. The third kappa shape index (κ3) is 1.68. The average molecular weight is 422 g/mol. The minimum atomic E-state index is -0.425. The van der Waals surface area contributed by atoms with E-state index in [1.165, 1.54) is 0 Å². The van der Waals surface area contributed by atoms with Gasteiger partial charge in [0.15, 0.2) is 5.78 Å². The number of hydrogen-bond donors (Lipinski definition) is 0. The molecule has 0 aromatic heterocycles. The number of Topliss-reactive ketones (excluding diaryl/α,β-unsaturated/α-hetero) is 1. The summed E-state index contributed by atoms with van der Waals surface area (Å²) in [6.07, 6.45) is 0.773. The Morgan fingerprint density at radius 2 is 1.77 bits per heavy atom. The van der Waals surface area contributed by atoms with Gasteiger partial charge in [-0.2, -0.15) is 0 Å². The lowest BCUT2D eigenvalue weighted by molar-refractivity contribution is 0.0915. The van der Waals surface area contributed by atoms with Gasteiger partial charge in [-0.05, 0) is 29.7 Å². The van der Waals surface area contributed by atoms with Gasteiger partial charge < -0.3 is 4.74 Å². The van der Waals surface area contributed by atoms with E-state index in [-0.39, 0.29) is 14.9 Å². The van der Waals surface area contributed by atoms with E-state index >= 15 is 0 Å². The van der Waals surface area contributed by atoms with Crippen LogP contribution in [0.25, 0.3) is 0 Å². The lowest BCUT2D eigenvalue weighted by atomic mass is 9.95. The van der Waals surface area contributed by atoms with Crippen LogP contribution in [0.5, 0.6) is 5.75 Å². The largest absolute Gasteiger partial charge is 0.497 e. The van der Waals surface area contributed by atoms with Gasteiger partial charge in [0.1, 0.15) is 8.98 Å². The molecule has 4 rings (SSSR count). The number of ketones is 1. The van der Waals surface area contributed by atoms with Crippen molar-refractivity contribution in [2.75, 3.05) is 7.11 Å². The minimum Gasteiger partial charge on any atom is -0.497 e. The van der Waals surface area contributed by atoms with Crippen LogP contribution in [0.2, 0.25) is 0 Å². The zero-order valence-corrected chi connectivity index (χ0v) is 15.1. The van der Waals surface area contributed by atoms with Gasteiger partial charge in [-0.15, -0.1) is 0 Å². The van der Waals surface area contributed by atoms with Crippen molar-refractivity contribution in [3.63, 3.8) is 0 Å². The third-order valence-electron chi connectivity index (χ3n) is 4.95. The van der Waals surface area contributed by atoms with E-state index in [9.17, 15) is 4.79 Å². The average Bonchev–Trinajstić information content (AvgIpc) is 2.86. The summed E-state index contributed by atoms with van der Waals surface area (Å²) in [5.41, 5.74) is 2.73. The SMILES string of the molecule is COc1ccc([C@H]2C(Br)(Br)[C@@]23Cc2ccccc2C3=O)cc1. The first kappa shape index (κ1) is 14.5. The highest BCUT2D eigenvalue weighted by Crippen LogP contribution is 2.79. The molecule has 0 saturated heterocycles. The number of carbonyl (C=O) groups is 1. The lowest BCUT2D eigenvalue weighted by Gasteiger charge is -2.08. The highest BCUT2D eigenvalue weighted by molar-refractivity contribution is 9.25. The number of carbonyl (C=O) groups excluding carboxylic acids is 1. The smallest absolute Gasteiger partial charge is 0.172 e. The van der Waals surface area contributed by atoms with Crippen LogP contribution < -0.4 is 4.74 Å². The number of rotatable bonds is 2. The Kier molecular flexibility index (Phi) is 3.08. The molecule has 0 unspecified atom stereocenters. The normalized spacial score (nSPS) is 27.8. The van der Waals surface area contributed by atoms with Crippen molar-refractivity contribution in [1.82, 2.24) is 0 Å². The second-order valence-corrected chi connectivity index (χ2v) is 9.53. The van der Waals surface area contributed by atoms with Crippen molar-refractivity contribution in [2.45, 2.75) is 15.6 Å². The van der Waals surface area contributed by atoms with Gasteiger partial charge in [0.25, 0.3) is 0 Å². The van der Waals surface area contributed by atoms with E-state index in [4.69, 9.17) is 4.74 Å². The summed E-state index contributed by atoms with van der Waals surface area (Å²) in [6.45, 7) is 0. The number of halogens is 2. The molecule has 2 aromatic rings. The molecule has 2 aliphatic carbocycles. The monoisotopic (exact) mass is 420 g/mol. The molecule has 112 valence electrons. The maximum Gasteiger partial charge on any atom is 0.172 e. The van der Waals surface area contributed by atoms with Gasteiger partial charge in [-0.1, -0.05) is 68.3 Å². The van der Waals surface area contributed by atoms with Crippen molar-refractivity contribution in [3.05, 3.63) is 65.2 Å². The van der Waals surface area contributed by atoms with E-state index in [0.717, 1.165) is 28.9 Å². The lowest BCUT2D eigenvalue weighted by Crippen LogP contribution is -2.17. The third-order valence-corrected chi connectivity index (χ3v) is 7.28. The summed E-state index contributed by atoms with van der Waals surface area (Å²) in [6, 6.07) is 15.9. The molecule has 2 nitrogen and oxygen atoms in total. The number of fused-ring (bicyclic) bond motifs is 1. The summed E-state index contributed by atoms with van der Waals surface area (Å²) in [4.78, 5) is 13.0. The Morgan fingerprint density at radius 1 is 1.09 bits per heavy atom. The molecule has 1 fully saturated rings. The minimum absolute atomic E-state index is 0.116. The Bertz CT molecular complexity index is 767. The zero-order valence-electron chi connectivity index (χ0n) is 12.0. The molecule has 2 aliphatic rings. The van der Waals surface area contributed by atoms with Crippen molar-refractivity contribution in [1.29, 1.82) is 0 Å². The Morgan fingerprint density at radius 3 is 2.41 bits per heavy atom. The summed E-state index contributed by atoms with van der Waals surface area (Å²) in [5, 5.41) is 0. The van der Waals surface area contributed by atoms with Gasteiger partial charge in [-0.3, -0.25) is 4.79 Å². The van der Waals surface area contributed by atoms with E-state index in [0.29, 0.717) is 0 Å². The van der Waals surface area contributed by atoms with Gasteiger partial charge >= 0.3 is 0 Å². The molecule has 1 saturated carbocycles. The quantitative estimate of drug-likeness (QED) is 0.656. The van der Waals surface area contributed by atoms with Gasteiger partial charge in [0.05, 0.1) is 12.5 Å². The maximum atomic E-state index is 13.0. The Labute approximate surface area is 146 Å². The highest BCUT2D eigenvalue weighted by Gasteiger charge is 2.80. The molecule has 0 bridgehead atoms. The van der Waals surface area contributed by atoms with Crippen LogP contribution in [0.4, 0.5) is 0 Å². The van der Waals surface area contributed by atoms with E-state index < -0.39 is 5.41 Å². The van der Waals surface area contributed by atoms with Crippen molar-refractivity contribution >= 4 is 37.6 Å². The fourth-order valence-corrected chi connectivity index (χ4v) is 5.95. The molecule has 0 amide bonds. The predicted molar refractivity (Wildman–Crippen MR) is 93.2 cm³/mol.